The number of ether oxygens (including phenoxy) is 1. The van der Waals surface area contributed by atoms with Crippen molar-refractivity contribution in [3.63, 3.8) is 0 Å². The summed E-state index contributed by atoms with van der Waals surface area (Å²) in [6.07, 6.45) is 1.54. The SMILES string of the molecule is C=C(C)C1CC(C(=O)OCC)(P(=O)(OCC)OCC)CCC1(C)C. The first-order valence-corrected chi connectivity index (χ1v) is 10.4. The highest BCUT2D eigenvalue weighted by Gasteiger charge is 2.62. The van der Waals surface area contributed by atoms with Gasteiger partial charge in [0.15, 0.2) is 5.16 Å². The van der Waals surface area contributed by atoms with Gasteiger partial charge in [0.2, 0.25) is 0 Å². The van der Waals surface area contributed by atoms with Crippen LogP contribution in [0.4, 0.5) is 0 Å². The van der Waals surface area contributed by atoms with Crippen LogP contribution in [0, 0.1) is 11.3 Å². The van der Waals surface area contributed by atoms with E-state index in [1.54, 1.807) is 20.8 Å². The summed E-state index contributed by atoms with van der Waals surface area (Å²) in [6.45, 7) is 16.3. The lowest BCUT2D eigenvalue weighted by Gasteiger charge is -2.49. The predicted octanol–water partition coefficient (Wildman–Crippen LogP) is 4.96. The highest BCUT2D eigenvalue weighted by Crippen LogP contribution is 2.68. The standard InChI is InChI=1S/C18H33O5P/c1-8-21-16(19)18(24(20,22-9-2)23-10-3)12-11-17(6,7)15(13-18)14(4)5/h15H,4,8-13H2,1-3,5-7H3. The first-order valence-electron chi connectivity index (χ1n) is 8.82. The quantitative estimate of drug-likeness (QED) is 0.348. The molecule has 0 amide bonds. The van der Waals surface area contributed by atoms with E-state index in [1.165, 1.54) is 0 Å². The third-order valence-electron chi connectivity index (χ3n) is 5.04. The van der Waals surface area contributed by atoms with Crippen molar-refractivity contribution in [1.82, 2.24) is 0 Å². The number of esters is 1. The largest absolute Gasteiger partial charge is 0.465 e. The summed E-state index contributed by atoms with van der Waals surface area (Å²) >= 11 is 0. The zero-order valence-corrected chi connectivity index (χ0v) is 16.9. The Morgan fingerprint density at radius 1 is 1.12 bits per heavy atom. The molecule has 0 aromatic heterocycles. The molecule has 0 spiro atoms. The minimum absolute atomic E-state index is 0.0227. The summed E-state index contributed by atoms with van der Waals surface area (Å²) in [5, 5.41) is -1.26. The molecule has 5 nitrogen and oxygen atoms in total. The Morgan fingerprint density at radius 3 is 2.08 bits per heavy atom. The fraction of sp³-hybridized carbons (Fsp3) is 0.833. The summed E-state index contributed by atoms with van der Waals surface area (Å²) in [6, 6.07) is 0. The van der Waals surface area contributed by atoms with Gasteiger partial charge < -0.3 is 13.8 Å². The van der Waals surface area contributed by atoms with Crippen LogP contribution < -0.4 is 0 Å². The second kappa shape index (κ2) is 8.16. The molecule has 24 heavy (non-hydrogen) atoms. The van der Waals surface area contributed by atoms with Crippen molar-refractivity contribution in [2.45, 2.75) is 66.0 Å². The lowest BCUT2D eigenvalue weighted by atomic mass is 9.63. The maximum atomic E-state index is 13.6. The van der Waals surface area contributed by atoms with Crippen molar-refractivity contribution in [1.29, 1.82) is 0 Å². The highest BCUT2D eigenvalue weighted by molar-refractivity contribution is 7.56. The van der Waals surface area contributed by atoms with Gasteiger partial charge in [-0.1, -0.05) is 26.0 Å². The zero-order chi connectivity index (χ0) is 18.6. The number of rotatable bonds is 8. The Balaban J connectivity index is 3.43. The van der Waals surface area contributed by atoms with Crippen LogP contribution in [-0.4, -0.2) is 30.9 Å². The van der Waals surface area contributed by atoms with Gasteiger partial charge >= 0.3 is 13.6 Å². The molecule has 1 rings (SSSR count). The van der Waals surface area contributed by atoms with Gasteiger partial charge in [-0.05, 0) is 58.3 Å². The molecule has 0 radical (unpaired) electrons. The van der Waals surface area contributed by atoms with E-state index in [0.717, 1.165) is 12.0 Å². The molecule has 0 N–H and O–H groups in total. The monoisotopic (exact) mass is 360 g/mol. The molecule has 1 fully saturated rings. The molecule has 1 aliphatic rings. The lowest BCUT2D eigenvalue weighted by molar-refractivity contribution is -0.149. The van der Waals surface area contributed by atoms with E-state index in [9.17, 15) is 9.36 Å². The number of carbonyl (C=O) groups is 1. The molecule has 0 aromatic carbocycles. The second-order valence-electron chi connectivity index (χ2n) is 7.18. The maximum Gasteiger partial charge on any atom is 0.347 e. The second-order valence-corrected chi connectivity index (χ2v) is 9.54. The van der Waals surface area contributed by atoms with E-state index >= 15 is 0 Å². The average molecular weight is 360 g/mol. The van der Waals surface area contributed by atoms with Crippen molar-refractivity contribution < 1.29 is 23.1 Å². The Hall–Kier alpha value is -0.640. The highest BCUT2D eigenvalue weighted by atomic mass is 31.2. The lowest BCUT2D eigenvalue weighted by Crippen LogP contribution is -2.50. The third-order valence-corrected chi connectivity index (χ3v) is 7.87. The Bertz CT molecular complexity index is 504. The summed E-state index contributed by atoms with van der Waals surface area (Å²) in [5.74, 6) is -0.429. The molecular formula is C18H33O5P. The predicted molar refractivity (Wildman–Crippen MR) is 96.2 cm³/mol. The van der Waals surface area contributed by atoms with Gasteiger partial charge in [-0.2, -0.15) is 0 Å². The Morgan fingerprint density at radius 2 is 1.67 bits per heavy atom. The van der Waals surface area contributed by atoms with Gasteiger partial charge in [0.05, 0.1) is 19.8 Å². The van der Waals surface area contributed by atoms with Crippen LogP contribution in [0.1, 0.15) is 60.8 Å². The summed E-state index contributed by atoms with van der Waals surface area (Å²) in [4.78, 5) is 12.9. The van der Waals surface area contributed by atoms with Gasteiger partial charge in [-0.3, -0.25) is 9.36 Å². The first kappa shape index (κ1) is 21.4. The number of hydrogen-bond acceptors (Lipinski definition) is 5. The molecule has 2 unspecified atom stereocenters. The van der Waals surface area contributed by atoms with Crippen LogP contribution in [0.25, 0.3) is 0 Å². The smallest absolute Gasteiger partial charge is 0.347 e. The minimum Gasteiger partial charge on any atom is -0.465 e. The van der Waals surface area contributed by atoms with Crippen molar-refractivity contribution in [3.8, 4) is 0 Å². The fourth-order valence-corrected chi connectivity index (χ4v) is 6.02. The van der Waals surface area contributed by atoms with Crippen LogP contribution in [0.15, 0.2) is 12.2 Å². The van der Waals surface area contributed by atoms with Crippen LogP contribution in [-0.2, 0) is 23.1 Å². The van der Waals surface area contributed by atoms with Crippen molar-refractivity contribution in [2.24, 2.45) is 11.3 Å². The zero-order valence-electron chi connectivity index (χ0n) is 16.0. The van der Waals surface area contributed by atoms with E-state index in [1.807, 2.05) is 6.92 Å². The molecule has 0 aromatic rings. The van der Waals surface area contributed by atoms with Crippen molar-refractivity contribution >= 4 is 13.6 Å². The van der Waals surface area contributed by atoms with Crippen molar-refractivity contribution in [2.75, 3.05) is 19.8 Å². The van der Waals surface area contributed by atoms with Gasteiger partial charge in [-0.25, -0.2) is 0 Å². The molecule has 0 heterocycles. The minimum atomic E-state index is -3.66. The normalized spacial score (nSPS) is 26.8. The topological polar surface area (TPSA) is 61.8 Å². The first-order chi connectivity index (χ1) is 11.1. The number of carbonyl (C=O) groups excluding carboxylic acids is 1. The molecule has 1 saturated carbocycles. The van der Waals surface area contributed by atoms with E-state index < -0.39 is 18.7 Å². The molecule has 0 saturated heterocycles. The van der Waals surface area contributed by atoms with E-state index in [0.29, 0.717) is 12.8 Å². The molecular weight excluding hydrogens is 327 g/mol. The van der Waals surface area contributed by atoms with Crippen LogP contribution in [0.3, 0.4) is 0 Å². The van der Waals surface area contributed by atoms with E-state index in [2.05, 4.69) is 20.4 Å². The summed E-state index contributed by atoms with van der Waals surface area (Å²) < 4.78 is 30.1. The van der Waals surface area contributed by atoms with Gasteiger partial charge in [0.25, 0.3) is 0 Å². The molecule has 140 valence electrons. The van der Waals surface area contributed by atoms with Crippen LogP contribution in [0.5, 0.6) is 0 Å². The third kappa shape index (κ3) is 3.95. The van der Waals surface area contributed by atoms with Crippen LogP contribution in [0.2, 0.25) is 0 Å². The molecule has 0 aliphatic heterocycles. The average Bonchev–Trinajstić information content (AvgIpc) is 2.47. The van der Waals surface area contributed by atoms with E-state index in [4.69, 9.17) is 13.8 Å². The molecule has 2 atom stereocenters. The Labute approximate surface area is 146 Å². The summed E-state index contributed by atoms with van der Waals surface area (Å²) in [5.41, 5.74) is 0.957. The molecule has 0 bridgehead atoms. The van der Waals surface area contributed by atoms with Crippen molar-refractivity contribution in [3.05, 3.63) is 12.2 Å². The maximum absolute atomic E-state index is 13.6. The number of hydrogen-bond donors (Lipinski definition) is 0. The van der Waals surface area contributed by atoms with Gasteiger partial charge in [0.1, 0.15) is 0 Å². The van der Waals surface area contributed by atoms with Crippen LogP contribution >= 0.6 is 7.60 Å². The number of allylic oxidation sites excluding steroid dienone is 1. The van der Waals surface area contributed by atoms with Gasteiger partial charge in [-0.15, -0.1) is 0 Å². The Kier molecular flexibility index (Phi) is 7.28. The molecule has 6 heteroatoms. The van der Waals surface area contributed by atoms with Gasteiger partial charge in [0, 0.05) is 0 Å². The molecule has 1 aliphatic carbocycles. The summed E-state index contributed by atoms with van der Waals surface area (Å²) in [7, 11) is -3.66. The fourth-order valence-electron chi connectivity index (χ4n) is 3.70. The van der Waals surface area contributed by atoms with E-state index in [-0.39, 0.29) is 31.2 Å².